The van der Waals surface area contributed by atoms with Crippen LogP contribution in [0.1, 0.15) is 26.4 Å². The number of amides is 1. The molecule has 0 atom stereocenters. The van der Waals surface area contributed by atoms with Crippen LogP contribution in [0.4, 0.5) is 5.00 Å². The lowest BCUT2D eigenvalue weighted by molar-refractivity contribution is -0.142. The van der Waals surface area contributed by atoms with Gasteiger partial charge < -0.3 is 19.5 Å². The molecule has 0 radical (unpaired) electrons. The summed E-state index contributed by atoms with van der Waals surface area (Å²) in [5, 5.41) is 2.96. The van der Waals surface area contributed by atoms with Crippen molar-refractivity contribution >= 4 is 40.3 Å². The Morgan fingerprint density at radius 1 is 1.14 bits per heavy atom. The Morgan fingerprint density at radius 2 is 1.86 bits per heavy atom. The van der Waals surface area contributed by atoms with Crippen LogP contribution in [0.15, 0.2) is 30.3 Å². The Morgan fingerprint density at radius 3 is 2.54 bits per heavy atom. The number of hydrogen-bond donors (Lipinski definition) is 1. The monoisotopic (exact) mass is 403 g/mol. The molecule has 148 valence electrons. The summed E-state index contributed by atoms with van der Waals surface area (Å²) in [4.78, 5) is 36.7. The third kappa shape index (κ3) is 5.20. The molecule has 2 aromatic rings. The molecular weight excluding hydrogens is 382 g/mol. The van der Waals surface area contributed by atoms with Crippen molar-refractivity contribution in [2.75, 3.05) is 26.1 Å². The average molecular weight is 403 g/mol. The lowest BCUT2D eigenvalue weighted by Gasteiger charge is -2.06. The van der Waals surface area contributed by atoms with Crippen LogP contribution >= 0.6 is 11.3 Å². The fourth-order valence-electron chi connectivity index (χ4n) is 2.37. The lowest BCUT2D eigenvalue weighted by Crippen LogP contribution is -2.21. The highest BCUT2D eigenvalue weighted by Gasteiger charge is 2.21. The number of hydrogen-bond acceptors (Lipinski definition) is 7. The number of esters is 2. The van der Waals surface area contributed by atoms with Crippen LogP contribution in [0.2, 0.25) is 0 Å². The van der Waals surface area contributed by atoms with E-state index < -0.39 is 24.5 Å². The quantitative estimate of drug-likeness (QED) is 0.563. The van der Waals surface area contributed by atoms with E-state index in [2.05, 4.69) is 5.32 Å². The summed E-state index contributed by atoms with van der Waals surface area (Å²) < 4.78 is 14.9. The first-order valence-corrected chi connectivity index (χ1v) is 9.15. The molecule has 2 rings (SSSR count). The largest absolute Gasteiger partial charge is 0.496 e. The average Bonchev–Trinajstić information content (AvgIpc) is 2.97. The van der Waals surface area contributed by atoms with Gasteiger partial charge in [-0.25, -0.2) is 9.59 Å². The van der Waals surface area contributed by atoms with Crippen LogP contribution < -0.4 is 10.1 Å². The second kappa shape index (κ2) is 9.70. The molecule has 28 heavy (non-hydrogen) atoms. The maximum atomic E-state index is 12.1. The zero-order chi connectivity index (χ0) is 20.7. The molecule has 1 heterocycles. The molecule has 8 heteroatoms. The predicted molar refractivity (Wildman–Crippen MR) is 107 cm³/mol. The van der Waals surface area contributed by atoms with Crippen molar-refractivity contribution in [1.82, 2.24) is 0 Å². The van der Waals surface area contributed by atoms with E-state index in [9.17, 15) is 14.4 Å². The van der Waals surface area contributed by atoms with Crippen LogP contribution in [0.3, 0.4) is 0 Å². The molecule has 1 N–H and O–H groups in total. The molecule has 0 aliphatic carbocycles. The summed E-state index contributed by atoms with van der Waals surface area (Å²) in [5.74, 6) is -1.14. The molecule has 0 aliphatic heterocycles. The Balaban J connectivity index is 1.96. The fourth-order valence-corrected chi connectivity index (χ4v) is 3.44. The molecule has 0 unspecified atom stereocenters. The molecule has 0 fully saturated rings. The van der Waals surface area contributed by atoms with E-state index in [0.717, 1.165) is 10.4 Å². The van der Waals surface area contributed by atoms with Gasteiger partial charge in [-0.15, -0.1) is 11.3 Å². The van der Waals surface area contributed by atoms with Gasteiger partial charge in [0.1, 0.15) is 10.8 Å². The number of para-hydroxylation sites is 1. The minimum atomic E-state index is -0.673. The predicted octanol–water partition coefficient (Wildman–Crippen LogP) is 3.36. The molecule has 0 spiro atoms. The fraction of sp³-hybridized carbons (Fsp3) is 0.250. The molecule has 0 aliphatic rings. The molecule has 1 aromatic heterocycles. The minimum absolute atomic E-state index is 0.306. The smallest absolute Gasteiger partial charge is 0.341 e. The Labute approximate surface area is 166 Å². The number of aryl methyl sites for hydroxylation is 1. The summed E-state index contributed by atoms with van der Waals surface area (Å²) in [6, 6.07) is 7.17. The van der Waals surface area contributed by atoms with Crippen LogP contribution in [0, 0.1) is 13.8 Å². The SMILES string of the molecule is COC(=O)c1c(NC(=O)COC(=O)/C=C/c2ccccc2OC)sc(C)c1C. The summed E-state index contributed by atoms with van der Waals surface area (Å²) in [7, 11) is 2.81. The summed E-state index contributed by atoms with van der Waals surface area (Å²) in [6.07, 6.45) is 2.75. The first-order valence-electron chi connectivity index (χ1n) is 8.33. The Bertz CT molecular complexity index is 915. The topological polar surface area (TPSA) is 90.9 Å². The highest BCUT2D eigenvalue weighted by atomic mass is 32.1. The van der Waals surface area contributed by atoms with Crippen LogP contribution in [-0.2, 0) is 19.1 Å². The standard InChI is InChI=1S/C20H21NO6S/c1-12-13(2)28-19(18(12)20(24)26-4)21-16(22)11-27-17(23)10-9-14-7-5-6-8-15(14)25-3/h5-10H,11H2,1-4H3,(H,21,22)/b10-9+. The maximum absolute atomic E-state index is 12.1. The highest BCUT2D eigenvalue weighted by Crippen LogP contribution is 2.32. The number of carbonyl (C=O) groups is 3. The van der Waals surface area contributed by atoms with Crippen molar-refractivity contribution in [1.29, 1.82) is 0 Å². The van der Waals surface area contributed by atoms with E-state index in [1.807, 2.05) is 19.1 Å². The van der Waals surface area contributed by atoms with Crippen LogP contribution in [0.5, 0.6) is 5.75 Å². The van der Waals surface area contributed by atoms with Crippen molar-refractivity contribution in [3.05, 3.63) is 51.9 Å². The van der Waals surface area contributed by atoms with Gasteiger partial charge in [-0.1, -0.05) is 18.2 Å². The molecule has 1 aromatic carbocycles. The second-order valence-corrected chi connectivity index (χ2v) is 6.93. The number of thiophene rings is 1. The van der Waals surface area contributed by atoms with Gasteiger partial charge in [-0.3, -0.25) is 4.79 Å². The normalized spacial score (nSPS) is 10.6. The summed E-state index contributed by atoms with van der Waals surface area (Å²) in [6.45, 7) is 3.13. The van der Waals surface area contributed by atoms with Crippen molar-refractivity contribution in [2.45, 2.75) is 13.8 Å². The summed E-state index contributed by atoms with van der Waals surface area (Å²) >= 11 is 1.26. The van der Waals surface area contributed by atoms with E-state index >= 15 is 0 Å². The minimum Gasteiger partial charge on any atom is -0.496 e. The summed E-state index contributed by atoms with van der Waals surface area (Å²) in [5.41, 5.74) is 1.75. The molecule has 0 saturated carbocycles. The number of rotatable bonds is 7. The molecule has 0 saturated heterocycles. The van der Waals surface area contributed by atoms with Crippen LogP contribution in [-0.4, -0.2) is 38.7 Å². The number of methoxy groups -OCH3 is 2. The van der Waals surface area contributed by atoms with E-state index in [1.54, 1.807) is 25.1 Å². The van der Waals surface area contributed by atoms with Gasteiger partial charge in [0.05, 0.1) is 19.8 Å². The van der Waals surface area contributed by atoms with E-state index in [4.69, 9.17) is 14.2 Å². The second-order valence-electron chi connectivity index (χ2n) is 5.71. The lowest BCUT2D eigenvalue weighted by atomic mass is 10.1. The first kappa shape index (κ1) is 21.2. The first-order chi connectivity index (χ1) is 13.4. The van der Waals surface area contributed by atoms with Gasteiger partial charge in [-0.05, 0) is 31.6 Å². The Kier molecular flexibility index (Phi) is 7.34. The zero-order valence-electron chi connectivity index (χ0n) is 16.0. The number of anilines is 1. The molecule has 1 amide bonds. The number of benzene rings is 1. The van der Waals surface area contributed by atoms with E-state index in [1.165, 1.54) is 31.6 Å². The van der Waals surface area contributed by atoms with Crippen LogP contribution in [0.25, 0.3) is 6.08 Å². The third-order valence-corrected chi connectivity index (χ3v) is 5.03. The van der Waals surface area contributed by atoms with Crippen molar-refractivity contribution in [3.8, 4) is 5.75 Å². The number of ether oxygens (including phenoxy) is 3. The van der Waals surface area contributed by atoms with Crippen molar-refractivity contribution < 1.29 is 28.6 Å². The number of nitrogens with one attached hydrogen (secondary N) is 1. The van der Waals surface area contributed by atoms with Gasteiger partial charge in [-0.2, -0.15) is 0 Å². The maximum Gasteiger partial charge on any atom is 0.341 e. The Hall–Kier alpha value is -3.13. The molecule has 0 bridgehead atoms. The third-order valence-electron chi connectivity index (χ3n) is 3.91. The van der Waals surface area contributed by atoms with Gasteiger partial charge >= 0.3 is 11.9 Å². The van der Waals surface area contributed by atoms with Gasteiger partial charge in [0.25, 0.3) is 5.91 Å². The van der Waals surface area contributed by atoms with Gasteiger partial charge in [0.2, 0.25) is 0 Å². The van der Waals surface area contributed by atoms with Gasteiger partial charge in [0, 0.05) is 16.5 Å². The van der Waals surface area contributed by atoms with Crippen molar-refractivity contribution in [3.63, 3.8) is 0 Å². The van der Waals surface area contributed by atoms with E-state index in [-0.39, 0.29) is 0 Å². The zero-order valence-corrected chi connectivity index (χ0v) is 16.8. The highest BCUT2D eigenvalue weighted by molar-refractivity contribution is 7.16. The van der Waals surface area contributed by atoms with Crippen molar-refractivity contribution in [2.24, 2.45) is 0 Å². The van der Waals surface area contributed by atoms with E-state index in [0.29, 0.717) is 21.9 Å². The molecular formula is C20H21NO6S. The number of carbonyl (C=O) groups excluding carboxylic acids is 3. The molecule has 7 nitrogen and oxygen atoms in total. The van der Waals surface area contributed by atoms with Gasteiger partial charge in [0.15, 0.2) is 6.61 Å².